The fourth-order valence-electron chi connectivity index (χ4n) is 2.48. The Morgan fingerprint density at radius 3 is 2.39 bits per heavy atom. The first-order valence-corrected chi connectivity index (χ1v) is 6.73. The van der Waals surface area contributed by atoms with Gasteiger partial charge in [0, 0.05) is 32.6 Å². The van der Waals surface area contributed by atoms with Crippen molar-refractivity contribution in [2.75, 3.05) is 32.7 Å². The lowest BCUT2D eigenvalue weighted by Gasteiger charge is -2.36. The molecule has 0 saturated carbocycles. The van der Waals surface area contributed by atoms with Crippen molar-refractivity contribution in [2.45, 2.75) is 19.4 Å². The van der Waals surface area contributed by atoms with Crippen LogP contribution in [-0.2, 0) is 6.42 Å². The Labute approximate surface area is 110 Å². The van der Waals surface area contributed by atoms with Crippen molar-refractivity contribution in [1.29, 1.82) is 5.26 Å². The van der Waals surface area contributed by atoms with Crippen molar-refractivity contribution in [2.24, 2.45) is 0 Å². The Kier molecular flexibility index (Phi) is 4.74. The molecule has 1 fully saturated rings. The highest BCUT2D eigenvalue weighted by molar-refractivity contribution is 5.18. The fraction of sp³-hybridized carbons (Fsp3) is 0.533. The number of rotatable bonds is 4. The van der Waals surface area contributed by atoms with Gasteiger partial charge in [0.1, 0.15) is 6.04 Å². The standard InChI is InChI=1S/C15H21N3/c1-2-17-8-10-18(11-9-17)15(13-16)12-14-6-4-3-5-7-14/h3-7,15H,2,8-12H2,1H3. The van der Waals surface area contributed by atoms with E-state index in [4.69, 9.17) is 0 Å². The van der Waals surface area contributed by atoms with Crippen molar-refractivity contribution >= 4 is 0 Å². The molecular formula is C15H21N3. The molecule has 1 aromatic rings. The van der Waals surface area contributed by atoms with Crippen LogP contribution in [0.25, 0.3) is 0 Å². The molecule has 1 unspecified atom stereocenters. The summed E-state index contributed by atoms with van der Waals surface area (Å²) in [7, 11) is 0. The van der Waals surface area contributed by atoms with Gasteiger partial charge in [-0.3, -0.25) is 4.90 Å². The highest BCUT2D eigenvalue weighted by Gasteiger charge is 2.22. The van der Waals surface area contributed by atoms with E-state index in [1.807, 2.05) is 18.2 Å². The molecule has 1 aromatic carbocycles. The molecule has 3 heteroatoms. The second-order valence-electron chi connectivity index (χ2n) is 4.80. The van der Waals surface area contributed by atoms with Crippen LogP contribution in [0.3, 0.4) is 0 Å². The van der Waals surface area contributed by atoms with Gasteiger partial charge in [0.25, 0.3) is 0 Å². The Morgan fingerprint density at radius 2 is 1.83 bits per heavy atom. The summed E-state index contributed by atoms with van der Waals surface area (Å²) in [6.07, 6.45) is 0.837. The molecule has 18 heavy (non-hydrogen) atoms. The summed E-state index contributed by atoms with van der Waals surface area (Å²) in [5, 5.41) is 9.36. The summed E-state index contributed by atoms with van der Waals surface area (Å²) < 4.78 is 0. The van der Waals surface area contributed by atoms with E-state index in [2.05, 4.69) is 34.9 Å². The lowest BCUT2D eigenvalue weighted by atomic mass is 10.0. The zero-order valence-electron chi connectivity index (χ0n) is 11.0. The van der Waals surface area contributed by atoms with Crippen molar-refractivity contribution in [3.63, 3.8) is 0 Å². The molecular weight excluding hydrogens is 222 g/mol. The minimum atomic E-state index is 0.0198. The van der Waals surface area contributed by atoms with E-state index < -0.39 is 0 Å². The van der Waals surface area contributed by atoms with Crippen LogP contribution in [0.1, 0.15) is 12.5 Å². The summed E-state index contributed by atoms with van der Waals surface area (Å²) in [5.41, 5.74) is 1.25. The van der Waals surface area contributed by atoms with Crippen LogP contribution >= 0.6 is 0 Å². The summed E-state index contributed by atoms with van der Waals surface area (Å²) >= 11 is 0. The molecule has 0 aromatic heterocycles. The minimum absolute atomic E-state index is 0.0198. The van der Waals surface area contributed by atoms with Crippen molar-refractivity contribution < 1.29 is 0 Å². The third-order valence-corrected chi connectivity index (χ3v) is 3.72. The molecule has 0 spiro atoms. The van der Waals surface area contributed by atoms with Crippen LogP contribution in [-0.4, -0.2) is 48.6 Å². The first-order chi connectivity index (χ1) is 8.83. The van der Waals surface area contributed by atoms with Crippen LogP contribution in [0.4, 0.5) is 0 Å². The Hall–Kier alpha value is -1.37. The SMILES string of the molecule is CCN1CCN(C(C#N)Cc2ccccc2)CC1. The second kappa shape index (κ2) is 6.53. The van der Waals surface area contributed by atoms with Gasteiger partial charge in [-0.2, -0.15) is 5.26 Å². The third-order valence-electron chi connectivity index (χ3n) is 3.72. The predicted octanol–water partition coefficient (Wildman–Crippen LogP) is 1.76. The number of likely N-dealkylation sites (N-methyl/N-ethyl adjacent to an activating group) is 1. The number of benzene rings is 1. The quantitative estimate of drug-likeness (QED) is 0.807. The van der Waals surface area contributed by atoms with Crippen LogP contribution in [0.5, 0.6) is 0 Å². The summed E-state index contributed by atoms with van der Waals surface area (Å²) in [6.45, 7) is 7.51. The highest BCUT2D eigenvalue weighted by atomic mass is 15.3. The molecule has 0 radical (unpaired) electrons. The van der Waals surface area contributed by atoms with Gasteiger partial charge in [-0.05, 0) is 12.1 Å². The highest BCUT2D eigenvalue weighted by Crippen LogP contribution is 2.11. The van der Waals surface area contributed by atoms with E-state index in [1.54, 1.807) is 0 Å². The van der Waals surface area contributed by atoms with E-state index in [0.29, 0.717) is 0 Å². The summed E-state index contributed by atoms with van der Waals surface area (Å²) in [6, 6.07) is 12.8. The van der Waals surface area contributed by atoms with Crippen LogP contribution in [0.2, 0.25) is 0 Å². The minimum Gasteiger partial charge on any atom is -0.301 e. The number of piperazine rings is 1. The number of nitriles is 1. The van der Waals surface area contributed by atoms with Gasteiger partial charge in [-0.1, -0.05) is 37.3 Å². The molecule has 0 bridgehead atoms. The predicted molar refractivity (Wildman–Crippen MR) is 73.2 cm³/mol. The molecule has 96 valence electrons. The second-order valence-corrected chi connectivity index (χ2v) is 4.80. The first kappa shape index (κ1) is 13.1. The van der Waals surface area contributed by atoms with E-state index in [0.717, 1.165) is 39.1 Å². The molecule has 0 N–H and O–H groups in total. The van der Waals surface area contributed by atoms with Crippen molar-refractivity contribution in [3.8, 4) is 6.07 Å². The van der Waals surface area contributed by atoms with Crippen LogP contribution in [0.15, 0.2) is 30.3 Å². The van der Waals surface area contributed by atoms with Gasteiger partial charge >= 0.3 is 0 Å². The first-order valence-electron chi connectivity index (χ1n) is 6.73. The maximum absolute atomic E-state index is 9.36. The van der Waals surface area contributed by atoms with Gasteiger partial charge in [-0.15, -0.1) is 0 Å². The lowest BCUT2D eigenvalue weighted by molar-refractivity contribution is 0.118. The fourth-order valence-corrected chi connectivity index (χ4v) is 2.48. The molecule has 1 aliphatic heterocycles. The van der Waals surface area contributed by atoms with Gasteiger partial charge in [0.2, 0.25) is 0 Å². The van der Waals surface area contributed by atoms with Crippen molar-refractivity contribution in [3.05, 3.63) is 35.9 Å². The van der Waals surface area contributed by atoms with Crippen LogP contribution in [0, 0.1) is 11.3 Å². The molecule has 1 saturated heterocycles. The van der Waals surface area contributed by atoms with E-state index in [1.165, 1.54) is 5.56 Å². The average Bonchev–Trinajstić information content (AvgIpc) is 2.46. The molecule has 1 heterocycles. The smallest absolute Gasteiger partial charge is 0.102 e. The summed E-state index contributed by atoms with van der Waals surface area (Å²) in [5.74, 6) is 0. The number of hydrogen-bond acceptors (Lipinski definition) is 3. The maximum Gasteiger partial charge on any atom is 0.102 e. The third kappa shape index (κ3) is 3.32. The average molecular weight is 243 g/mol. The largest absolute Gasteiger partial charge is 0.301 e. The zero-order chi connectivity index (χ0) is 12.8. The van der Waals surface area contributed by atoms with Gasteiger partial charge < -0.3 is 4.90 Å². The Morgan fingerprint density at radius 1 is 1.17 bits per heavy atom. The van der Waals surface area contributed by atoms with Gasteiger partial charge in [0.15, 0.2) is 0 Å². The number of hydrogen-bond donors (Lipinski definition) is 0. The van der Waals surface area contributed by atoms with E-state index in [9.17, 15) is 5.26 Å². The Balaban J connectivity index is 1.92. The molecule has 3 nitrogen and oxygen atoms in total. The molecule has 1 atom stereocenters. The Bertz CT molecular complexity index is 388. The zero-order valence-corrected chi connectivity index (χ0v) is 11.0. The lowest BCUT2D eigenvalue weighted by Crippen LogP contribution is -2.50. The normalized spacial score (nSPS) is 19.3. The van der Waals surface area contributed by atoms with Crippen molar-refractivity contribution in [1.82, 2.24) is 9.80 Å². The molecule has 0 amide bonds. The van der Waals surface area contributed by atoms with E-state index >= 15 is 0 Å². The molecule has 1 aliphatic rings. The maximum atomic E-state index is 9.36. The molecule has 0 aliphatic carbocycles. The summed E-state index contributed by atoms with van der Waals surface area (Å²) in [4.78, 5) is 4.76. The monoisotopic (exact) mass is 243 g/mol. The molecule has 2 rings (SSSR count). The number of nitrogens with zero attached hydrogens (tertiary/aromatic N) is 3. The van der Waals surface area contributed by atoms with Gasteiger partial charge in [-0.25, -0.2) is 0 Å². The topological polar surface area (TPSA) is 30.3 Å². The van der Waals surface area contributed by atoms with Crippen LogP contribution < -0.4 is 0 Å². The van der Waals surface area contributed by atoms with Gasteiger partial charge in [0.05, 0.1) is 6.07 Å². The van der Waals surface area contributed by atoms with E-state index in [-0.39, 0.29) is 6.04 Å².